The molecule has 0 spiro atoms. The molecule has 7 heteroatoms. The number of carbonyl (C=O) groups excluding carboxylic acids is 1. The molecule has 0 aliphatic carbocycles. The van der Waals surface area contributed by atoms with E-state index in [1.165, 1.54) is 0 Å². The molecule has 0 radical (unpaired) electrons. The molecule has 1 unspecified atom stereocenters. The fourth-order valence-electron chi connectivity index (χ4n) is 2.94. The standard InChI is InChI=1S/C19H26N4O3/c1-25-11-12-26-17-6-4-15(5-7-17)13-21-19(24)18-8-10-23(22-18)16-3-2-9-20-14-16/h4-8,10,16,20H,2-3,9,11-14H2,1H3,(H,21,24). The summed E-state index contributed by atoms with van der Waals surface area (Å²) in [5.74, 6) is 0.630. The second kappa shape index (κ2) is 9.35. The molecular weight excluding hydrogens is 332 g/mol. The Labute approximate surface area is 153 Å². The average Bonchev–Trinajstić information content (AvgIpc) is 3.18. The summed E-state index contributed by atoms with van der Waals surface area (Å²) in [5, 5.41) is 10.7. The van der Waals surface area contributed by atoms with Crippen LogP contribution in [0.15, 0.2) is 36.5 Å². The van der Waals surface area contributed by atoms with E-state index < -0.39 is 0 Å². The maximum absolute atomic E-state index is 12.3. The van der Waals surface area contributed by atoms with E-state index in [2.05, 4.69) is 15.7 Å². The van der Waals surface area contributed by atoms with Crippen LogP contribution in [0.25, 0.3) is 0 Å². The summed E-state index contributed by atoms with van der Waals surface area (Å²) in [7, 11) is 1.64. The number of hydrogen-bond donors (Lipinski definition) is 2. The predicted octanol–water partition coefficient (Wildman–Crippen LogP) is 1.76. The lowest BCUT2D eigenvalue weighted by atomic mass is 10.1. The quantitative estimate of drug-likeness (QED) is 0.703. The van der Waals surface area contributed by atoms with Crippen molar-refractivity contribution in [3.8, 4) is 5.75 Å². The largest absolute Gasteiger partial charge is 0.491 e. The number of aromatic nitrogens is 2. The van der Waals surface area contributed by atoms with Gasteiger partial charge in [0.25, 0.3) is 5.91 Å². The molecule has 0 bridgehead atoms. The molecule has 3 rings (SSSR count). The first-order valence-electron chi connectivity index (χ1n) is 9.01. The minimum absolute atomic E-state index is 0.159. The van der Waals surface area contributed by atoms with Gasteiger partial charge in [-0.3, -0.25) is 9.48 Å². The number of piperidine rings is 1. The Morgan fingerprint density at radius 1 is 1.31 bits per heavy atom. The summed E-state index contributed by atoms with van der Waals surface area (Å²) in [6.45, 7) is 3.49. The van der Waals surface area contributed by atoms with Crippen LogP contribution in [0.4, 0.5) is 0 Å². The van der Waals surface area contributed by atoms with Gasteiger partial charge in [0, 0.05) is 26.4 Å². The number of ether oxygens (including phenoxy) is 2. The number of nitrogens with one attached hydrogen (secondary N) is 2. The van der Waals surface area contributed by atoms with E-state index in [9.17, 15) is 4.79 Å². The SMILES string of the molecule is COCCOc1ccc(CNC(=O)c2ccn(C3CCCNC3)n2)cc1. The fraction of sp³-hybridized carbons (Fsp3) is 0.474. The number of amides is 1. The Balaban J connectivity index is 1.48. The van der Waals surface area contributed by atoms with E-state index >= 15 is 0 Å². The minimum atomic E-state index is -0.159. The predicted molar refractivity (Wildman–Crippen MR) is 98.4 cm³/mol. The first kappa shape index (κ1) is 18.4. The van der Waals surface area contributed by atoms with E-state index in [-0.39, 0.29) is 5.91 Å². The zero-order valence-corrected chi connectivity index (χ0v) is 15.1. The van der Waals surface area contributed by atoms with Crippen molar-refractivity contribution >= 4 is 5.91 Å². The summed E-state index contributed by atoms with van der Waals surface area (Å²) in [6, 6.07) is 9.76. The smallest absolute Gasteiger partial charge is 0.272 e. The number of benzene rings is 1. The molecule has 2 N–H and O–H groups in total. The van der Waals surface area contributed by atoms with Crippen LogP contribution in [0.2, 0.25) is 0 Å². The van der Waals surface area contributed by atoms with Gasteiger partial charge in [0.15, 0.2) is 0 Å². The van der Waals surface area contributed by atoms with E-state index in [1.807, 2.05) is 35.1 Å². The van der Waals surface area contributed by atoms with E-state index in [1.54, 1.807) is 13.2 Å². The third-order valence-electron chi connectivity index (χ3n) is 4.42. The van der Waals surface area contributed by atoms with E-state index in [4.69, 9.17) is 9.47 Å². The fourth-order valence-corrected chi connectivity index (χ4v) is 2.94. The van der Waals surface area contributed by atoms with Gasteiger partial charge in [-0.05, 0) is 43.1 Å². The van der Waals surface area contributed by atoms with Crippen LogP contribution in [0.1, 0.15) is 34.9 Å². The number of nitrogens with zero attached hydrogens (tertiary/aromatic N) is 2. The van der Waals surface area contributed by atoms with Crippen LogP contribution < -0.4 is 15.4 Å². The highest BCUT2D eigenvalue weighted by Crippen LogP contribution is 2.16. The zero-order valence-electron chi connectivity index (χ0n) is 15.1. The van der Waals surface area contributed by atoms with Crippen molar-refractivity contribution < 1.29 is 14.3 Å². The summed E-state index contributed by atoms with van der Waals surface area (Å²) < 4.78 is 12.4. The molecule has 7 nitrogen and oxygen atoms in total. The first-order valence-corrected chi connectivity index (χ1v) is 9.01. The Bertz CT molecular complexity index is 693. The molecular formula is C19H26N4O3. The maximum Gasteiger partial charge on any atom is 0.272 e. The molecule has 1 aliphatic rings. The lowest BCUT2D eigenvalue weighted by Gasteiger charge is -2.22. The minimum Gasteiger partial charge on any atom is -0.491 e. The molecule has 1 aromatic carbocycles. The van der Waals surface area contributed by atoms with Crippen molar-refractivity contribution in [3.63, 3.8) is 0 Å². The van der Waals surface area contributed by atoms with Crippen molar-refractivity contribution in [2.75, 3.05) is 33.4 Å². The molecule has 26 heavy (non-hydrogen) atoms. The summed E-state index contributed by atoms with van der Waals surface area (Å²) in [5.41, 5.74) is 1.46. The van der Waals surface area contributed by atoms with Crippen molar-refractivity contribution in [2.24, 2.45) is 0 Å². The molecule has 0 saturated carbocycles. The monoisotopic (exact) mass is 358 g/mol. The van der Waals surface area contributed by atoms with Gasteiger partial charge in [-0.2, -0.15) is 5.10 Å². The molecule has 1 saturated heterocycles. The molecule has 140 valence electrons. The molecule has 1 atom stereocenters. The van der Waals surface area contributed by atoms with Gasteiger partial charge in [-0.1, -0.05) is 12.1 Å². The van der Waals surface area contributed by atoms with Crippen LogP contribution in [-0.2, 0) is 11.3 Å². The van der Waals surface area contributed by atoms with Gasteiger partial charge >= 0.3 is 0 Å². The number of hydrogen-bond acceptors (Lipinski definition) is 5. The second-order valence-electron chi connectivity index (χ2n) is 6.35. The highest BCUT2D eigenvalue weighted by Gasteiger charge is 2.17. The maximum atomic E-state index is 12.3. The van der Waals surface area contributed by atoms with Gasteiger partial charge in [0.05, 0.1) is 12.6 Å². The van der Waals surface area contributed by atoms with Crippen molar-refractivity contribution in [1.29, 1.82) is 0 Å². The summed E-state index contributed by atoms with van der Waals surface area (Å²) in [4.78, 5) is 12.3. The van der Waals surface area contributed by atoms with Gasteiger partial charge in [-0.25, -0.2) is 0 Å². The number of methoxy groups -OCH3 is 1. The first-order chi connectivity index (χ1) is 12.8. The molecule has 2 aromatic rings. The lowest BCUT2D eigenvalue weighted by molar-refractivity contribution is 0.0944. The third kappa shape index (κ3) is 5.06. The van der Waals surface area contributed by atoms with Crippen LogP contribution >= 0.6 is 0 Å². The Morgan fingerprint density at radius 2 is 2.15 bits per heavy atom. The van der Waals surface area contributed by atoms with Crippen molar-refractivity contribution in [1.82, 2.24) is 20.4 Å². The van der Waals surface area contributed by atoms with Crippen molar-refractivity contribution in [3.05, 3.63) is 47.8 Å². The highest BCUT2D eigenvalue weighted by molar-refractivity contribution is 5.92. The van der Waals surface area contributed by atoms with E-state index in [0.717, 1.165) is 37.2 Å². The Hall–Kier alpha value is -2.38. The number of rotatable bonds is 8. The summed E-state index contributed by atoms with van der Waals surface area (Å²) >= 11 is 0. The van der Waals surface area contributed by atoms with Gasteiger partial charge < -0.3 is 20.1 Å². The van der Waals surface area contributed by atoms with Crippen LogP contribution in [0, 0.1) is 0 Å². The topological polar surface area (TPSA) is 77.4 Å². The molecule has 1 aromatic heterocycles. The van der Waals surface area contributed by atoms with Gasteiger partial charge in [-0.15, -0.1) is 0 Å². The Kier molecular flexibility index (Phi) is 6.62. The molecule has 1 fully saturated rings. The molecule has 1 amide bonds. The summed E-state index contributed by atoms with van der Waals surface area (Å²) in [6.07, 6.45) is 4.12. The van der Waals surface area contributed by atoms with Gasteiger partial charge in [0.2, 0.25) is 0 Å². The lowest BCUT2D eigenvalue weighted by Crippen LogP contribution is -2.32. The molecule has 2 heterocycles. The Morgan fingerprint density at radius 3 is 2.88 bits per heavy atom. The zero-order chi connectivity index (χ0) is 18.2. The van der Waals surface area contributed by atoms with Gasteiger partial charge in [0.1, 0.15) is 18.1 Å². The average molecular weight is 358 g/mol. The van der Waals surface area contributed by atoms with E-state index in [0.29, 0.717) is 31.5 Å². The van der Waals surface area contributed by atoms with Crippen LogP contribution in [-0.4, -0.2) is 49.1 Å². The highest BCUT2D eigenvalue weighted by atomic mass is 16.5. The molecule has 1 aliphatic heterocycles. The number of carbonyl (C=O) groups is 1. The normalized spacial score (nSPS) is 17.0. The van der Waals surface area contributed by atoms with Crippen molar-refractivity contribution in [2.45, 2.75) is 25.4 Å². The van der Waals surface area contributed by atoms with Crippen LogP contribution in [0.3, 0.4) is 0 Å². The van der Waals surface area contributed by atoms with Crippen LogP contribution in [0.5, 0.6) is 5.75 Å². The third-order valence-corrected chi connectivity index (χ3v) is 4.42. The second-order valence-corrected chi connectivity index (χ2v) is 6.35.